The Morgan fingerprint density at radius 3 is 2.57 bits per heavy atom. The third-order valence-corrected chi connectivity index (χ3v) is 1.85. The van der Waals surface area contributed by atoms with Crippen molar-refractivity contribution in [3.8, 4) is 11.8 Å². The molecule has 0 aliphatic carbocycles. The molecule has 2 aromatic rings. The Kier molecular flexibility index (Phi) is 1.88. The first-order valence-corrected chi connectivity index (χ1v) is 3.96. The van der Waals surface area contributed by atoms with Gasteiger partial charge >= 0.3 is 0 Å². The van der Waals surface area contributed by atoms with Crippen molar-refractivity contribution in [1.82, 2.24) is 14.8 Å². The first kappa shape index (κ1) is 8.26. The number of rotatable bonds is 1. The average Bonchev–Trinajstić information content (AvgIpc) is 2.70. The molecule has 1 heterocycles. The minimum absolute atomic E-state index is 0.531. The van der Waals surface area contributed by atoms with E-state index in [9.17, 15) is 0 Å². The van der Waals surface area contributed by atoms with E-state index in [0.29, 0.717) is 11.3 Å². The van der Waals surface area contributed by atoms with Gasteiger partial charge < -0.3 is 5.73 Å². The van der Waals surface area contributed by atoms with E-state index >= 15 is 0 Å². The normalized spacial score (nSPS) is 9.64. The minimum atomic E-state index is 0.531. The van der Waals surface area contributed by atoms with Crippen LogP contribution < -0.4 is 5.73 Å². The molecule has 1 aromatic heterocycles. The van der Waals surface area contributed by atoms with Crippen molar-refractivity contribution in [3.05, 3.63) is 36.4 Å². The molecule has 0 fully saturated rings. The van der Waals surface area contributed by atoms with Gasteiger partial charge in [-0.05, 0) is 18.2 Å². The second kappa shape index (κ2) is 3.18. The molecule has 5 heteroatoms. The highest BCUT2D eigenvalue weighted by Crippen LogP contribution is 2.17. The van der Waals surface area contributed by atoms with Crippen molar-refractivity contribution < 1.29 is 0 Å². The summed E-state index contributed by atoms with van der Waals surface area (Å²) in [5, 5.41) is 16.0. The zero-order chi connectivity index (χ0) is 9.97. The summed E-state index contributed by atoms with van der Waals surface area (Å²) in [7, 11) is 0. The van der Waals surface area contributed by atoms with Crippen LogP contribution in [0, 0.1) is 11.3 Å². The number of benzene rings is 1. The van der Waals surface area contributed by atoms with Gasteiger partial charge in [-0.3, -0.25) is 4.57 Å². The number of hydrogen-bond acceptors (Lipinski definition) is 4. The van der Waals surface area contributed by atoms with Crippen LogP contribution in [0.2, 0.25) is 0 Å². The van der Waals surface area contributed by atoms with Gasteiger partial charge in [0.15, 0.2) is 0 Å². The Morgan fingerprint density at radius 1 is 1.29 bits per heavy atom. The molecule has 5 nitrogen and oxygen atoms in total. The summed E-state index contributed by atoms with van der Waals surface area (Å²) < 4.78 is 1.69. The van der Waals surface area contributed by atoms with Gasteiger partial charge in [0.05, 0.1) is 23.0 Å². The summed E-state index contributed by atoms with van der Waals surface area (Å²) >= 11 is 0. The van der Waals surface area contributed by atoms with E-state index in [1.807, 2.05) is 6.07 Å². The van der Waals surface area contributed by atoms with Gasteiger partial charge in [0.2, 0.25) is 0 Å². The van der Waals surface area contributed by atoms with Gasteiger partial charge in [-0.1, -0.05) is 0 Å². The third-order valence-electron chi connectivity index (χ3n) is 1.85. The molecule has 0 saturated heterocycles. The van der Waals surface area contributed by atoms with E-state index in [0.717, 1.165) is 5.69 Å². The molecule has 0 amide bonds. The fourth-order valence-corrected chi connectivity index (χ4v) is 1.18. The van der Waals surface area contributed by atoms with Crippen LogP contribution in [-0.2, 0) is 0 Å². The van der Waals surface area contributed by atoms with Crippen LogP contribution in [0.1, 0.15) is 5.56 Å². The molecule has 0 unspecified atom stereocenters. The summed E-state index contributed by atoms with van der Waals surface area (Å²) in [6.45, 7) is 0. The Morgan fingerprint density at radius 2 is 2.00 bits per heavy atom. The van der Waals surface area contributed by atoms with Crippen molar-refractivity contribution in [2.45, 2.75) is 0 Å². The van der Waals surface area contributed by atoms with Crippen LogP contribution in [0.5, 0.6) is 0 Å². The molecule has 0 aliphatic heterocycles. The Hall–Kier alpha value is -2.35. The van der Waals surface area contributed by atoms with Gasteiger partial charge in [0.25, 0.3) is 0 Å². The van der Waals surface area contributed by atoms with Crippen molar-refractivity contribution in [1.29, 1.82) is 5.26 Å². The van der Waals surface area contributed by atoms with Crippen molar-refractivity contribution in [2.75, 3.05) is 5.73 Å². The lowest BCUT2D eigenvalue weighted by molar-refractivity contribution is 1.06. The summed E-state index contributed by atoms with van der Waals surface area (Å²) in [5.74, 6) is 0. The summed E-state index contributed by atoms with van der Waals surface area (Å²) in [5.41, 5.74) is 7.61. The number of hydrogen-bond donors (Lipinski definition) is 1. The van der Waals surface area contributed by atoms with E-state index in [1.165, 1.54) is 0 Å². The Labute approximate surface area is 80.4 Å². The lowest BCUT2D eigenvalue weighted by Crippen LogP contribution is -1.97. The fourth-order valence-electron chi connectivity index (χ4n) is 1.18. The molecular formula is C9H7N5. The number of aromatic nitrogens is 3. The number of nitrogens with two attached hydrogens (primary N) is 1. The van der Waals surface area contributed by atoms with Crippen molar-refractivity contribution >= 4 is 5.69 Å². The van der Waals surface area contributed by atoms with Crippen LogP contribution in [0.4, 0.5) is 5.69 Å². The second-order valence-corrected chi connectivity index (χ2v) is 2.75. The molecule has 2 rings (SSSR count). The molecule has 14 heavy (non-hydrogen) atoms. The largest absolute Gasteiger partial charge is 0.397 e. The highest BCUT2D eigenvalue weighted by atomic mass is 15.2. The van der Waals surface area contributed by atoms with Crippen LogP contribution in [0.15, 0.2) is 30.9 Å². The third kappa shape index (κ3) is 1.29. The quantitative estimate of drug-likeness (QED) is 0.664. The van der Waals surface area contributed by atoms with Crippen molar-refractivity contribution in [2.24, 2.45) is 0 Å². The monoisotopic (exact) mass is 185 g/mol. The molecular weight excluding hydrogens is 178 g/mol. The maximum Gasteiger partial charge on any atom is 0.123 e. The van der Waals surface area contributed by atoms with E-state index in [2.05, 4.69) is 10.2 Å². The maximum absolute atomic E-state index is 8.65. The number of anilines is 1. The maximum atomic E-state index is 8.65. The minimum Gasteiger partial charge on any atom is -0.397 e. The SMILES string of the molecule is N#Cc1ccc(-n2cnnc2)c(N)c1. The van der Waals surface area contributed by atoms with Crippen LogP contribution in [-0.4, -0.2) is 14.8 Å². The van der Waals surface area contributed by atoms with E-state index in [1.54, 1.807) is 35.4 Å². The van der Waals surface area contributed by atoms with Crippen LogP contribution in [0.3, 0.4) is 0 Å². The predicted octanol–water partition coefficient (Wildman–Crippen LogP) is 0.721. The average molecular weight is 185 g/mol. The molecule has 0 atom stereocenters. The molecule has 68 valence electrons. The van der Waals surface area contributed by atoms with Gasteiger partial charge in [0.1, 0.15) is 12.7 Å². The standard InChI is InChI=1S/C9H7N5/c10-4-7-1-2-9(8(11)3-7)14-5-12-13-6-14/h1-3,5-6H,11H2. The topological polar surface area (TPSA) is 80.5 Å². The molecule has 0 aliphatic rings. The van der Waals surface area contributed by atoms with Gasteiger partial charge in [-0.15, -0.1) is 10.2 Å². The van der Waals surface area contributed by atoms with Crippen LogP contribution >= 0.6 is 0 Å². The molecule has 2 N–H and O–H groups in total. The van der Waals surface area contributed by atoms with E-state index < -0.39 is 0 Å². The molecule has 0 bridgehead atoms. The first-order chi connectivity index (χ1) is 6.81. The van der Waals surface area contributed by atoms with Gasteiger partial charge in [0, 0.05) is 0 Å². The zero-order valence-corrected chi connectivity index (χ0v) is 7.25. The molecule has 0 radical (unpaired) electrons. The second-order valence-electron chi connectivity index (χ2n) is 2.75. The summed E-state index contributed by atoms with van der Waals surface area (Å²) in [4.78, 5) is 0. The predicted molar refractivity (Wildman–Crippen MR) is 50.5 cm³/mol. The number of nitriles is 1. The smallest absolute Gasteiger partial charge is 0.123 e. The Bertz CT molecular complexity index is 480. The summed E-state index contributed by atoms with van der Waals surface area (Å²) in [6, 6.07) is 7.10. The highest BCUT2D eigenvalue weighted by Gasteiger charge is 2.02. The van der Waals surface area contributed by atoms with Crippen molar-refractivity contribution in [3.63, 3.8) is 0 Å². The summed E-state index contributed by atoms with van der Waals surface area (Å²) in [6.07, 6.45) is 3.11. The Balaban J connectivity index is 2.52. The first-order valence-electron chi connectivity index (χ1n) is 3.96. The molecule has 1 aromatic carbocycles. The highest BCUT2D eigenvalue weighted by molar-refractivity contribution is 5.60. The van der Waals surface area contributed by atoms with Gasteiger partial charge in [-0.2, -0.15) is 5.26 Å². The number of nitrogen functional groups attached to an aromatic ring is 1. The fraction of sp³-hybridized carbons (Fsp3) is 0. The molecule has 0 saturated carbocycles. The zero-order valence-electron chi connectivity index (χ0n) is 7.25. The van der Waals surface area contributed by atoms with E-state index in [4.69, 9.17) is 11.0 Å². The van der Waals surface area contributed by atoms with Crippen LogP contribution in [0.25, 0.3) is 5.69 Å². The molecule has 0 spiro atoms. The lowest BCUT2D eigenvalue weighted by atomic mass is 10.2. The van der Waals surface area contributed by atoms with E-state index in [-0.39, 0.29) is 0 Å². The lowest BCUT2D eigenvalue weighted by Gasteiger charge is -2.04. The van der Waals surface area contributed by atoms with Gasteiger partial charge in [-0.25, -0.2) is 0 Å². The number of nitrogens with zero attached hydrogens (tertiary/aromatic N) is 4.